The van der Waals surface area contributed by atoms with Gasteiger partial charge in [0.1, 0.15) is 18.1 Å². The summed E-state index contributed by atoms with van der Waals surface area (Å²) in [5, 5.41) is 3.83. The van der Waals surface area contributed by atoms with Gasteiger partial charge in [-0.25, -0.2) is 5.43 Å². The van der Waals surface area contributed by atoms with E-state index in [9.17, 15) is 4.79 Å². The topological polar surface area (TPSA) is 73.1 Å². The highest BCUT2D eigenvalue weighted by Gasteiger charge is 2.26. The van der Waals surface area contributed by atoms with Gasteiger partial charge in [0.25, 0.3) is 5.91 Å². The van der Waals surface area contributed by atoms with Crippen LogP contribution in [0.1, 0.15) is 11.5 Å². The summed E-state index contributed by atoms with van der Waals surface area (Å²) >= 11 is 0. The second-order valence-corrected chi connectivity index (χ2v) is 4.55. The fourth-order valence-corrected chi connectivity index (χ4v) is 1.90. The van der Waals surface area contributed by atoms with Gasteiger partial charge >= 0.3 is 0 Å². The number of carbonyl (C=O) groups excluding carboxylic acids is 1. The Balaban J connectivity index is 1.58. The van der Waals surface area contributed by atoms with E-state index in [2.05, 4.69) is 10.5 Å². The Morgan fingerprint density at radius 1 is 1.29 bits per heavy atom. The number of benzene rings is 1. The summed E-state index contributed by atoms with van der Waals surface area (Å²) in [6.45, 7) is 1.98. The summed E-state index contributed by atoms with van der Waals surface area (Å²) < 4.78 is 16.3. The number of furan rings is 1. The molecule has 0 saturated carbocycles. The molecule has 1 atom stereocenters. The molecule has 21 heavy (non-hydrogen) atoms. The van der Waals surface area contributed by atoms with Crippen LogP contribution in [0.15, 0.2) is 45.9 Å². The van der Waals surface area contributed by atoms with E-state index >= 15 is 0 Å². The van der Waals surface area contributed by atoms with E-state index in [-0.39, 0.29) is 12.5 Å². The highest BCUT2D eigenvalue weighted by atomic mass is 16.6. The second kappa shape index (κ2) is 5.70. The average molecular weight is 286 g/mol. The number of nitrogens with one attached hydrogen (secondary N) is 1. The van der Waals surface area contributed by atoms with Crippen molar-refractivity contribution >= 4 is 12.1 Å². The van der Waals surface area contributed by atoms with Crippen LogP contribution < -0.4 is 14.9 Å². The van der Waals surface area contributed by atoms with Crippen molar-refractivity contribution in [1.82, 2.24) is 5.43 Å². The molecule has 6 nitrogen and oxygen atoms in total. The highest BCUT2D eigenvalue weighted by molar-refractivity contribution is 5.83. The minimum Gasteiger partial charge on any atom is -0.485 e. The molecule has 0 spiro atoms. The monoisotopic (exact) mass is 286 g/mol. The maximum atomic E-state index is 11.9. The van der Waals surface area contributed by atoms with Crippen LogP contribution >= 0.6 is 0 Å². The van der Waals surface area contributed by atoms with Gasteiger partial charge in [-0.15, -0.1) is 0 Å². The van der Waals surface area contributed by atoms with Crippen LogP contribution in [-0.2, 0) is 4.79 Å². The number of hydrazone groups is 1. The largest absolute Gasteiger partial charge is 0.485 e. The summed E-state index contributed by atoms with van der Waals surface area (Å²) in [6.07, 6.45) is 0.707. The van der Waals surface area contributed by atoms with Crippen molar-refractivity contribution < 1.29 is 18.7 Å². The van der Waals surface area contributed by atoms with Crippen molar-refractivity contribution in [2.24, 2.45) is 5.10 Å². The molecule has 0 fully saturated rings. The summed E-state index contributed by atoms with van der Waals surface area (Å²) in [5.41, 5.74) is 2.41. The number of amides is 1. The van der Waals surface area contributed by atoms with Crippen molar-refractivity contribution in [3.63, 3.8) is 0 Å². The maximum Gasteiger partial charge on any atom is 0.284 e. The molecule has 1 amide bonds. The SMILES string of the molecule is Cc1ccc(/C=N\NC(=O)[C@H]2COc3ccccc3O2)o1. The zero-order chi connectivity index (χ0) is 14.7. The third-order valence-corrected chi connectivity index (χ3v) is 2.93. The van der Waals surface area contributed by atoms with Crippen molar-refractivity contribution in [2.75, 3.05) is 6.61 Å². The molecule has 6 heteroatoms. The lowest BCUT2D eigenvalue weighted by atomic mass is 10.2. The third-order valence-electron chi connectivity index (χ3n) is 2.93. The molecule has 1 aromatic heterocycles. The van der Waals surface area contributed by atoms with Crippen molar-refractivity contribution in [3.8, 4) is 11.5 Å². The summed E-state index contributed by atoms with van der Waals surface area (Å²) in [5.74, 6) is 2.16. The summed E-state index contributed by atoms with van der Waals surface area (Å²) in [7, 11) is 0. The van der Waals surface area contributed by atoms with E-state index in [0.717, 1.165) is 5.76 Å². The number of rotatable bonds is 3. The Morgan fingerprint density at radius 3 is 2.86 bits per heavy atom. The van der Waals surface area contributed by atoms with Gasteiger partial charge < -0.3 is 13.9 Å². The van der Waals surface area contributed by atoms with Gasteiger partial charge in [0.05, 0.1) is 6.21 Å². The first kappa shape index (κ1) is 13.2. The number of fused-ring (bicyclic) bond motifs is 1. The zero-order valence-corrected chi connectivity index (χ0v) is 11.4. The predicted molar refractivity (Wildman–Crippen MR) is 75.5 cm³/mol. The number of hydrogen-bond donors (Lipinski definition) is 1. The van der Waals surface area contributed by atoms with Gasteiger partial charge in [-0.3, -0.25) is 4.79 Å². The Hall–Kier alpha value is -2.76. The fraction of sp³-hybridized carbons (Fsp3) is 0.200. The van der Waals surface area contributed by atoms with Gasteiger partial charge in [-0.05, 0) is 31.2 Å². The maximum absolute atomic E-state index is 11.9. The van der Waals surface area contributed by atoms with Crippen LogP contribution in [0.5, 0.6) is 11.5 Å². The molecular formula is C15H14N2O4. The number of carbonyl (C=O) groups is 1. The molecule has 0 aliphatic carbocycles. The zero-order valence-electron chi connectivity index (χ0n) is 11.4. The molecule has 2 aromatic rings. The molecule has 3 rings (SSSR count). The van der Waals surface area contributed by atoms with Crippen LogP contribution in [0.3, 0.4) is 0 Å². The molecule has 0 bridgehead atoms. The van der Waals surface area contributed by atoms with E-state index in [1.807, 2.05) is 25.1 Å². The molecule has 1 aliphatic rings. The minimum absolute atomic E-state index is 0.151. The second-order valence-electron chi connectivity index (χ2n) is 4.55. The highest BCUT2D eigenvalue weighted by Crippen LogP contribution is 2.30. The minimum atomic E-state index is -0.726. The standard InChI is InChI=1S/C15H14N2O4/c1-10-6-7-11(20-10)8-16-17-15(18)14-9-19-12-4-2-3-5-13(12)21-14/h2-8,14H,9H2,1H3,(H,17,18)/b16-8-/t14-/m1/s1. The number of para-hydroxylation sites is 2. The number of aryl methyl sites for hydroxylation is 1. The molecule has 108 valence electrons. The number of hydrogen-bond acceptors (Lipinski definition) is 5. The predicted octanol–water partition coefficient (Wildman–Crippen LogP) is 1.88. The molecule has 1 N–H and O–H groups in total. The molecule has 1 aromatic carbocycles. The quantitative estimate of drug-likeness (QED) is 0.690. The Morgan fingerprint density at radius 2 is 2.10 bits per heavy atom. The van der Waals surface area contributed by atoms with E-state index < -0.39 is 6.10 Å². The lowest BCUT2D eigenvalue weighted by molar-refractivity contribution is -0.130. The smallest absolute Gasteiger partial charge is 0.284 e. The van der Waals surface area contributed by atoms with Gasteiger partial charge in [-0.1, -0.05) is 12.1 Å². The van der Waals surface area contributed by atoms with Gasteiger partial charge in [0.15, 0.2) is 11.5 Å². The van der Waals surface area contributed by atoms with Crippen molar-refractivity contribution in [3.05, 3.63) is 47.9 Å². The van der Waals surface area contributed by atoms with E-state index in [1.165, 1.54) is 6.21 Å². The number of nitrogens with zero attached hydrogens (tertiary/aromatic N) is 1. The van der Waals surface area contributed by atoms with Gasteiger partial charge in [0, 0.05) is 0 Å². The summed E-state index contributed by atoms with van der Waals surface area (Å²) in [6, 6.07) is 10.8. The molecule has 2 heterocycles. The first-order valence-electron chi connectivity index (χ1n) is 6.50. The van der Waals surface area contributed by atoms with Crippen LogP contribution in [-0.4, -0.2) is 24.8 Å². The lowest BCUT2D eigenvalue weighted by Gasteiger charge is -2.24. The summed E-state index contributed by atoms with van der Waals surface area (Å²) in [4.78, 5) is 11.9. The van der Waals surface area contributed by atoms with Crippen molar-refractivity contribution in [1.29, 1.82) is 0 Å². The molecule has 0 radical (unpaired) electrons. The molecule has 0 saturated heterocycles. The van der Waals surface area contributed by atoms with E-state index in [0.29, 0.717) is 17.3 Å². The normalized spacial score (nSPS) is 16.9. The van der Waals surface area contributed by atoms with Crippen molar-refractivity contribution in [2.45, 2.75) is 13.0 Å². The van der Waals surface area contributed by atoms with Gasteiger partial charge in [0.2, 0.25) is 6.10 Å². The number of ether oxygens (including phenoxy) is 2. The Bertz CT molecular complexity index is 678. The van der Waals surface area contributed by atoms with Crippen LogP contribution in [0.25, 0.3) is 0 Å². The first-order valence-corrected chi connectivity index (χ1v) is 6.50. The van der Waals surface area contributed by atoms with E-state index in [1.54, 1.807) is 18.2 Å². The lowest BCUT2D eigenvalue weighted by Crippen LogP contribution is -2.42. The average Bonchev–Trinajstić information content (AvgIpc) is 2.92. The van der Waals surface area contributed by atoms with Gasteiger partial charge in [-0.2, -0.15) is 5.10 Å². The van der Waals surface area contributed by atoms with Crippen LogP contribution in [0.4, 0.5) is 0 Å². The Labute approximate surface area is 121 Å². The molecule has 1 aliphatic heterocycles. The molecular weight excluding hydrogens is 272 g/mol. The first-order chi connectivity index (χ1) is 10.2. The van der Waals surface area contributed by atoms with Crippen LogP contribution in [0.2, 0.25) is 0 Å². The Kier molecular flexibility index (Phi) is 3.59. The van der Waals surface area contributed by atoms with E-state index in [4.69, 9.17) is 13.9 Å². The third kappa shape index (κ3) is 3.05. The van der Waals surface area contributed by atoms with Crippen LogP contribution in [0, 0.1) is 6.92 Å². The fourth-order valence-electron chi connectivity index (χ4n) is 1.90. The molecule has 0 unspecified atom stereocenters.